The molecular weight excluding hydrogens is 617 g/mol. The molecular formula is C27H18BrF3N2O6S. The van der Waals surface area contributed by atoms with E-state index < -0.39 is 41.3 Å². The summed E-state index contributed by atoms with van der Waals surface area (Å²) < 4.78 is 45.0. The zero-order chi connectivity index (χ0) is 29.0. The van der Waals surface area contributed by atoms with E-state index in [2.05, 4.69) is 21.2 Å². The van der Waals surface area contributed by atoms with Crippen LogP contribution in [0.15, 0.2) is 76.1 Å². The van der Waals surface area contributed by atoms with Crippen LogP contribution in [-0.4, -0.2) is 39.6 Å². The van der Waals surface area contributed by atoms with Gasteiger partial charge >= 0.3 is 12.1 Å². The molecule has 3 amide bonds. The molecule has 8 nitrogen and oxygen atoms in total. The first-order valence-corrected chi connectivity index (χ1v) is 13.0. The van der Waals surface area contributed by atoms with Gasteiger partial charge in [-0.25, -0.2) is 4.79 Å². The number of halogens is 4. The summed E-state index contributed by atoms with van der Waals surface area (Å²) >= 11 is 4.03. The average molecular weight is 635 g/mol. The van der Waals surface area contributed by atoms with Crippen LogP contribution in [0.1, 0.15) is 27.0 Å². The monoisotopic (exact) mass is 634 g/mol. The molecule has 0 spiro atoms. The van der Waals surface area contributed by atoms with Crippen molar-refractivity contribution in [3.63, 3.8) is 0 Å². The first-order chi connectivity index (χ1) is 18.9. The predicted octanol–water partition coefficient (Wildman–Crippen LogP) is 6.42. The summed E-state index contributed by atoms with van der Waals surface area (Å²) in [5, 5.41) is 10.6. The molecule has 0 aromatic heterocycles. The van der Waals surface area contributed by atoms with Crippen molar-refractivity contribution in [2.45, 2.75) is 12.8 Å². The largest absolute Gasteiger partial charge is 0.488 e. The number of anilines is 1. The number of imide groups is 1. The third-order valence-electron chi connectivity index (χ3n) is 5.50. The van der Waals surface area contributed by atoms with Crippen molar-refractivity contribution in [2.24, 2.45) is 0 Å². The fourth-order valence-electron chi connectivity index (χ4n) is 3.53. The standard InChI is InChI=1S/C27H18BrF3N2O6S/c28-20-10-16(6-9-21(20)39-14-15-4-7-17(8-5-15)25(36)37)11-22-24(35)33(26(38)40-22)13-23(34)32-19-3-1-2-18(12-19)27(29,30)31/h1-12H,13-14H2,(H,32,34)(H,36,37)/b22-11-. The van der Waals surface area contributed by atoms with Gasteiger partial charge in [0.15, 0.2) is 0 Å². The van der Waals surface area contributed by atoms with E-state index in [0.717, 1.165) is 23.8 Å². The number of carboxylic acid groups (broad SMARTS) is 1. The summed E-state index contributed by atoms with van der Waals surface area (Å²) in [5.74, 6) is -2.08. The molecule has 1 fully saturated rings. The Morgan fingerprint density at radius 3 is 2.42 bits per heavy atom. The number of nitrogens with zero attached hydrogens (tertiary/aromatic N) is 1. The minimum Gasteiger partial charge on any atom is -0.488 e. The first kappa shape index (κ1) is 28.9. The van der Waals surface area contributed by atoms with E-state index in [4.69, 9.17) is 9.84 Å². The summed E-state index contributed by atoms with van der Waals surface area (Å²) in [6.07, 6.45) is -3.12. The molecule has 0 saturated carbocycles. The Labute approximate surface area is 237 Å². The molecule has 0 atom stereocenters. The van der Waals surface area contributed by atoms with Crippen molar-refractivity contribution >= 4 is 62.5 Å². The van der Waals surface area contributed by atoms with E-state index in [0.29, 0.717) is 32.4 Å². The van der Waals surface area contributed by atoms with Gasteiger partial charge in [-0.1, -0.05) is 24.3 Å². The molecule has 40 heavy (non-hydrogen) atoms. The van der Waals surface area contributed by atoms with Crippen LogP contribution in [0.3, 0.4) is 0 Å². The number of aromatic carboxylic acids is 1. The topological polar surface area (TPSA) is 113 Å². The lowest BCUT2D eigenvalue weighted by Crippen LogP contribution is -2.36. The Hall–Kier alpha value is -4.10. The van der Waals surface area contributed by atoms with E-state index in [9.17, 15) is 32.3 Å². The summed E-state index contributed by atoms with van der Waals surface area (Å²) in [7, 11) is 0. The number of thioether (sulfide) groups is 1. The molecule has 1 saturated heterocycles. The maximum absolute atomic E-state index is 12.9. The molecule has 206 valence electrons. The summed E-state index contributed by atoms with van der Waals surface area (Å²) in [5.41, 5.74) is 0.411. The van der Waals surface area contributed by atoms with Crippen LogP contribution in [0.4, 0.5) is 23.7 Å². The van der Waals surface area contributed by atoms with Gasteiger partial charge in [-0.3, -0.25) is 19.3 Å². The Kier molecular flexibility index (Phi) is 8.64. The van der Waals surface area contributed by atoms with E-state index in [1.54, 1.807) is 30.3 Å². The number of nitrogens with one attached hydrogen (secondary N) is 1. The van der Waals surface area contributed by atoms with Crippen LogP contribution in [0.2, 0.25) is 0 Å². The molecule has 1 aliphatic rings. The van der Waals surface area contributed by atoms with Gasteiger partial charge in [0.2, 0.25) is 5.91 Å². The molecule has 0 radical (unpaired) electrons. The predicted molar refractivity (Wildman–Crippen MR) is 145 cm³/mol. The lowest BCUT2D eigenvalue weighted by atomic mass is 10.1. The number of benzene rings is 3. The Morgan fingerprint density at radius 1 is 1.05 bits per heavy atom. The Bertz CT molecular complexity index is 1530. The van der Waals surface area contributed by atoms with Gasteiger partial charge in [-0.05, 0) is 87.4 Å². The maximum atomic E-state index is 12.9. The van der Waals surface area contributed by atoms with Crippen LogP contribution in [0.5, 0.6) is 5.75 Å². The molecule has 1 heterocycles. The van der Waals surface area contributed by atoms with Gasteiger partial charge in [0.1, 0.15) is 18.9 Å². The summed E-state index contributed by atoms with van der Waals surface area (Å²) in [6, 6.07) is 15.2. The number of hydrogen-bond acceptors (Lipinski definition) is 6. The highest BCUT2D eigenvalue weighted by molar-refractivity contribution is 9.10. The number of alkyl halides is 3. The molecule has 1 aliphatic heterocycles. The van der Waals surface area contributed by atoms with Gasteiger partial charge in [-0.2, -0.15) is 13.2 Å². The smallest absolute Gasteiger partial charge is 0.416 e. The van der Waals surface area contributed by atoms with E-state index in [-0.39, 0.29) is 22.8 Å². The molecule has 13 heteroatoms. The molecule has 3 aromatic carbocycles. The van der Waals surface area contributed by atoms with Crippen molar-refractivity contribution in [1.29, 1.82) is 0 Å². The number of ether oxygens (including phenoxy) is 1. The van der Waals surface area contributed by atoms with Crippen molar-refractivity contribution in [3.8, 4) is 5.75 Å². The van der Waals surface area contributed by atoms with Gasteiger partial charge in [0.05, 0.1) is 20.5 Å². The number of carboxylic acids is 1. The van der Waals surface area contributed by atoms with Gasteiger partial charge in [-0.15, -0.1) is 0 Å². The number of hydrogen-bond donors (Lipinski definition) is 2. The molecule has 4 rings (SSSR count). The van der Waals surface area contributed by atoms with Crippen LogP contribution in [0, 0.1) is 0 Å². The highest BCUT2D eigenvalue weighted by Gasteiger charge is 2.36. The zero-order valence-corrected chi connectivity index (χ0v) is 22.6. The number of carbonyl (C=O) groups is 4. The SMILES string of the molecule is O=C(CN1C(=O)S/C(=C\c2ccc(OCc3ccc(C(=O)O)cc3)c(Br)c2)C1=O)Nc1cccc(C(F)(F)F)c1. The van der Waals surface area contributed by atoms with Crippen LogP contribution < -0.4 is 10.1 Å². The average Bonchev–Trinajstić information content (AvgIpc) is 3.15. The number of amides is 3. The van der Waals surface area contributed by atoms with Crippen molar-refractivity contribution in [2.75, 3.05) is 11.9 Å². The molecule has 3 aromatic rings. The first-order valence-electron chi connectivity index (χ1n) is 11.4. The number of rotatable bonds is 8. The quantitative estimate of drug-likeness (QED) is 0.275. The maximum Gasteiger partial charge on any atom is 0.416 e. The fraction of sp³-hybridized carbons (Fsp3) is 0.111. The minimum atomic E-state index is -4.59. The van der Waals surface area contributed by atoms with Crippen molar-refractivity contribution in [1.82, 2.24) is 4.90 Å². The van der Waals surface area contributed by atoms with Crippen molar-refractivity contribution in [3.05, 3.63) is 98.4 Å². The van der Waals surface area contributed by atoms with Crippen LogP contribution in [-0.2, 0) is 22.4 Å². The highest BCUT2D eigenvalue weighted by atomic mass is 79.9. The lowest BCUT2D eigenvalue weighted by molar-refractivity contribution is -0.137. The number of carbonyl (C=O) groups excluding carboxylic acids is 3. The third-order valence-corrected chi connectivity index (χ3v) is 7.02. The Balaban J connectivity index is 1.38. The van der Waals surface area contributed by atoms with Gasteiger partial charge < -0.3 is 15.2 Å². The third kappa shape index (κ3) is 7.10. The zero-order valence-electron chi connectivity index (χ0n) is 20.2. The van der Waals surface area contributed by atoms with Gasteiger partial charge in [0, 0.05) is 5.69 Å². The Morgan fingerprint density at radius 2 is 1.77 bits per heavy atom. The van der Waals surface area contributed by atoms with E-state index in [1.165, 1.54) is 24.3 Å². The minimum absolute atomic E-state index is 0.0657. The molecule has 2 N–H and O–H groups in total. The second-order valence-electron chi connectivity index (χ2n) is 8.38. The lowest BCUT2D eigenvalue weighted by Gasteiger charge is -2.13. The second-order valence-corrected chi connectivity index (χ2v) is 10.2. The van der Waals surface area contributed by atoms with E-state index in [1.807, 2.05) is 0 Å². The molecule has 0 aliphatic carbocycles. The van der Waals surface area contributed by atoms with Gasteiger partial charge in [0.25, 0.3) is 11.1 Å². The summed E-state index contributed by atoms with van der Waals surface area (Å²) in [4.78, 5) is 49.3. The summed E-state index contributed by atoms with van der Waals surface area (Å²) in [6.45, 7) is -0.485. The highest BCUT2D eigenvalue weighted by Crippen LogP contribution is 2.34. The molecule has 0 unspecified atom stereocenters. The van der Waals surface area contributed by atoms with Crippen molar-refractivity contribution < 1.29 is 42.2 Å². The second kappa shape index (κ2) is 12.0. The molecule has 0 bridgehead atoms. The normalized spacial score (nSPS) is 14.5. The van der Waals surface area contributed by atoms with Crippen LogP contribution in [0.25, 0.3) is 6.08 Å². The van der Waals surface area contributed by atoms with Crippen LogP contribution >= 0.6 is 27.7 Å². The fourth-order valence-corrected chi connectivity index (χ4v) is 4.88. The van der Waals surface area contributed by atoms with E-state index >= 15 is 0 Å².